The molecule has 0 aliphatic carbocycles. The fraction of sp³-hybridized carbons (Fsp3) is 0.308. The Labute approximate surface area is 115 Å². The summed E-state index contributed by atoms with van der Waals surface area (Å²) in [5, 5.41) is 11.7. The summed E-state index contributed by atoms with van der Waals surface area (Å²) in [4.78, 5) is 35.5. The van der Waals surface area contributed by atoms with E-state index in [9.17, 15) is 14.4 Å². The molecule has 106 valence electrons. The number of rotatable bonds is 4. The summed E-state index contributed by atoms with van der Waals surface area (Å²) in [5.41, 5.74) is 6.24. The van der Waals surface area contributed by atoms with E-state index in [2.05, 4.69) is 5.32 Å². The molecule has 1 atom stereocenters. The van der Waals surface area contributed by atoms with E-state index in [0.29, 0.717) is 11.1 Å². The maximum absolute atomic E-state index is 11.4. The van der Waals surface area contributed by atoms with Gasteiger partial charge in [0.1, 0.15) is 6.04 Å². The van der Waals surface area contributed by atoms with Crippen LogP contribution in [-0.4, -0.2) is 46.9 Å². The molecule has 1 aromatic rings. The molecule has 1 unspecified atom stereocenters. The molecule has 1 fully saturated rings. The van der Waals surface area contributed by atoms with Gasteiger partial charge in [-0.25, -0.2) is 0 Å². The van der Waals surface area contributed by atoms with Crippen molar-refractivity contribution in [3.05, 3.63) is 35.4 Å². The second-order valence-electron chi connectivity index (χ2n) is 4.58. The summed E-state index contributed by atoms with van der Waals surface area (Å²) in [5.74, 6) is -1.82. The monoisotopic (exact) mass is 277 g/mol. The van der Waals surface area contributed by atoms with Gasteiger partial charge in [0.05, 0.1) is 6.54 Å². The average molecular weight is 277 g/mol. The number of hydrogen-bond donors (Lipinski definition) is 3. The Balaban J connectivity index is 2.24. The smallest absolute Gasteiger partial charge is 0.322 e. The highest BCUT2D eigenvalue weighted by Crippen LogP contribution is 2.15. The summed E-state index contributed by atoms with van der Waals surface area (Å²) < 4.78 is 0. The van der Waals surface area contributed by atoms with Gasteiger partial charge in [0, 0.05) is 18.7 Å². The molecule has 0 bridgehead atoms. The predicted molar refractivity (Wildman–Crippen MR) is 69.8 cm³/mol. The molecule has 4 N–H and O–H groups in total. The lowest BCUT2D eigenvalue weighted by molar-refractivity contribution is -0.146. The molecule has 7 heteroatoms. The molecule has 2 amide bonds. The SMILES string of the molecule is NC(=O)c1ccccc1CN1CC(=O)NCC1C(=O)O. The fourth-order valence-corrected chi connectivity index (χ4v) is 2.22. The predicted octanol–water partition coefficient (Wildman–Crippen LogP) is -0.829. The molecular formula is C13H15N3O4. The van der Waals surface area contributed by atoms with Crippen molar-refractivity contribution in [3.63, 3.8) is 0 Å². The molecule has 1 saturated heterocycles. The van der Waals surface area contributed by atoms with Crippen LogP contribution in [0.1, 0.15) is 15.9 Å². The molecule has 1 aliphatic heterocycles. The number of aliphatic carboxylic acids is 1. The second-order valence-corrected chi connectivity index (χ2v) is 4.58. The molecule has 0 saturated carbocycles. The van der Waals surface area contributed by atoms with Gasteiger partial charge in [-0.3, -0.25) is 19.3 Å². The maximum atomic E-state index is 11.4. The van der Waals surface area contributed by atoms with E-state index in [0.717, 1.165) is 0 Å². The summed E-state index contributed by atoms with van der Waals surface area (Å²) in [6.45, 7) is 0.209. The number of piperazine rings is 1. The number of amides is 2. The third-order valence-corrected chi connectivity index (χ3v) is 3.22. The number of primary amides is 1. The fourth-order valence-electron chi connectivity index (χ4n) is 2.22. The highest BCUT2D eigenvalue weighted by atomic mass is 16.4. The first-order chi connectivity index (χ1) is 9.49. The minimum Gasteiger partial charge on any atom is -0.480 e. The second kappa shape index (κ2) is 5.70. The van der Waals surface area contributed by atoms with Crippen molar-refractivity contribution in [2.45, 2.75) is 12.6 Å². The van der Waals surface area contributed by atoms with Crippen LogP contribution in [0.15, 0.2) is 24.3 Å². The number of carboxylic acid groups (broad SMARTS) is 1. The molecule has 1 aromatic carbocycles. The summed E-state index contributed by atoms with van der Waals surface area (Å²) in [6.07, 6.45) is 0. The number of benzene rings is 1. The standard InChI is InChI=1S/C13H15N3O4/c14-12(18)9-4-2-1-3-8(9)6-16-7-11(17)15-5-10(16)13(19)20/h1-4,10H,5-7H2,(H2,14,18)(H,15,17)(H,19,20). The van der Waals surface area contributed by atoms with Gasteiger partial charge >= 0.3 is 5.97 Å². The summed E-state index contributed by atoms with van der Waals surface area (Å²) in [6, 6.07) is 5.89. The molecule has 2 rings (SSSR count). The van der Waals surface area contributed by atoms with Gasteiger partial charge in [0.15, 0.2) is 0 Å². The minimum atomic E-state index is -1.01. The van der Waals surface area contributed by atoms with Crippen LogP contribution in [0.2, 0.25) is 0 Å². The van der Waals surface area contributed by atoms with Crippen LogP contribution in [0.25, 0.3) is 0 Å². The summed E-state index contributed by atoms with van der Waals surface area (Å²) >= 11 is 0. The van der Waals surface area contributed by atoms with E-state index >= 15 is 0 Å². The molecule has 1 aliphatic rings. The number of carbonyl (C=O) groups excluding carboxylic acids is 2. The zero-order valence-corrected chi connectivity index (χ0v) is 10.7. The van der Waals surface area contributed by atoms with Gasteiger partial charge in [-0.05, 0) is 11.6 Å². The average Bonchev–Trinajstić information content (AvgIpc) is 2.38. The quantitative estimate of drug-likeness (QED) is 0.665. The van der Waals surface area contributed by atoms with Gasteiger partial charge in [-0.2, -0.15) is 0 Å². The number of carbonyl (C=O) groups is 3. The Kier molecular flexibility index (Phi) is 3.99. The largest absolute Gasteiger partial charge is 0.480 e. The number of nitrogens with two attached hydrogens (primary N) is 1. The Morgan fingerprint density at radius 3 is 2.75 bits per heavy atom. The number of nitrogens with one attached hydrogen (secondary N) is 1. The topological polar surface area (TPSA) is 113 Å². The minimum absolute atomic E-state index is 0.0237. The van der Waals surface area contributed by atoms with Crippen molar-refractivity contribution in [2.75, 3.05) is 13.1 Å². The van der Waals surface area contributed by atoms with Gasteiger partial charge < -0.3 is 16.2 Å². The van der Waals surface area contributed by atoms with Crippen molar-refractivity contribution < 1.29 is 19.5 Å². The van der Waals surface area contributed by atoms with Gasteiger partial charge in [-0.1, -0.05) is 18.2 Å². The van der Waals surface area contributed by atoms with Crippen LogP contribution in [0.4, 0.5) is 0 Å². The number of carboxylic acids is 1. The Morgan fingerprint density at radius 1 is 1.40 bits per heavy atom. The lowest BCUT2D eigenvalue weighted by Crippen LogP contribution is -2.57. The van der Waals surface area contributed by atoms with Gasteiger partial charge in [0.25, 0.3) is 0 Å². The molecule has 0 radical (unpaired) electrons. The Bertz CT molecular complexity index is 558. The maximum Gasteiger partial charge on any atom is 0.322 e. The highest BCUT2D eigenvalue weighted by Gasteiger charge is 2.32. The van der Waals surface area contributed by atoms with Crippen LogP contribution in [0, 0.1) is 0 Å². The van der Waals surface area contributed by atoms with Crippen molar-refractivity contribution in [2.24, 2.45) is 5.73 Å². The molecular weight excluding hydrogens is 262 g/mol. The van der Waals surface area contributed by atoms with E-state index in [1.54, 1.807) is 24.3 Å². The molecule has 20 heavy (non-hydrogen) atoms. The lowest BCUT2D eigenvalue weighted by Gasteiger charge is -2.32. The van der Waals surface area contributed by atoms with Gasteiger partial charge in [0.2, 0.25) is 11.8 Å². The van der Waals surface area contributed by atoms with Crippen LogP contribution < -0.4 is 11.1 Å². The zero-order chi connectivity index (χ0) is 14.7. The Hall–Kier alpha value is -2.41. The van der Waals surface area contributed by atoms with Crippen molar-refractivity contribution >= 4 is 17.8 Å². The lowest BCUT2D eigenvalue weighted by atomic mass is 10.0. The summed E-state index contributed by atoms with van der Waals surface area (Å²) in [7, 11) is 0. The third-order valence-electron chi connectivity index (χ3n) is 3.22. The Morgan fingerprint density at radius 2 is 2.10 bits per heavy atom. The van der Waals surface area contributed by atoms with Crippen molar-refractivity contribution in [3.8, 4) is 0 Å². The molecule has 0 spiro atoms. The van der Waals surface area contributed by atoms with Crippen molar-refractivity contribution in [1.82, 2.24) is 10.2 Å². The first kappa shape index (κ1) is 14.0. The van der Waals surface area contributed by atoms with Crippen LogP contribution in [0.3, 0.4) is 0 Å². The highest BCUT2D eigenvalue weighted by molar-refractivity contribution is 5.94. The first-order valence-corrected chi connectivity index (χ1v) is 6.10. The van der Waals surface area contributed by atoms with Gasteiger partial charge in [-0.15, -0.1) is 0 Å². The van der Waals surface area contributed by atoms with E-state index < -0.39 is 17.9 Å². The van der Waals surface area contributed by atoms with Crippen LogP contribution in [-0.2, 0) is 16.1 Å². The number of hydrogen-bond acceptors (Lipinski definition) is 4. The van der Waals surface area contributed by atoms with E-state index in [-0.39, 0.29) is 25.5 Å². The van der Waals surface area contributed by atoms with Crippen molar-refractivity contribution in [1.29, 1.82) is 0 Å². The zero-order valence-electron chi connectivity index (χ0n) is 10.7. The van der Waals surface area contributed by atoms with E-state index in [1.807, 2.05) is 0 Å². The normalized spacial score (nSPS) is 19.4. The van der Waals surface area contributed by atoms with Crippen LogP contribution >= 0.6 is 0 Å². The third kappa shape index (κ3) is 2.94. The molecule has 1 heterocycles. The number of nitrogens with zero attached hydrogens (tertiary/aromatic N) is 1. The van der Waals surface area contributed by atoms with Crippen LogP contribution in [0.5, 0.6) is 0 Å². The van der Waals surface area contributed by atoms with E-state index in [4.69, 9.17) is 10.8 Å². The first-order valence-electron chi connectivity index (χ1n) is 6.10. The molecule has 7 nitrogen and oxygen atoms in total. The molecule has 0 aromatic heterocycles. The van der Waals surface area contributed by atoms with E-state index in [1.165, 1.54) is 4.90 Å².